The van der Waals surface area contributed by atoms with Crippen molar-refractivity contribution in [2.75, 3.05) is 18.0 Å². The Morgan fingerprint density at radius 2 is 1.86 bits per heavy atom. The van der Waals surface area contributed by atoms with Gasteiger partial charge >= 0.3 is 5.97 Å². The molecule has 3 aromatic rings. The number of fused-ring (bicyclic) bond motifs is 1. The Bertz CT molecular complexity index is 1100. The van der Waals surface area contributed by atoms with Gasteiger partial charge in [-0.1, -0.05) is 18.2 Å². The number of hydrogen-bond donors (Lipinski definition) is 1. The number of carboxylic acid groups (broad SMARTS) is 1. The van der Waals surface area contributed by atoms with Crippen LogP contribution in [0.5, 0.6) is 0 Å². The number of piperidine rings is 1. The molecule has 0 spiro atoms. The van der Waals surface area contributed by atoms with Gasteiger partial charge in [0.15, 0.2) is 0 Å². The first-order chi connectivity index (χ1) is 14.1. The van der Waals surface area contributed by atoms with E-state index in [-0.39, 0.29) is 5.57 Å². The molecule has 0 bridgehead atoms. The first-order valence-electron chi connectivity index (χ1n) is 9.85. The lowest BCUT2D eigenvalue weighted by atomic mass is 10.1. The number of rotatable bonds is 5. The van der Waals surface area contributed by atoms with Gasteiger partial charge < -0.3 is 14.4 Å². The van der Waals surface area contributed by atoms with Gasteiger partial charge in [-0.3, -0.25) is 0 Å². The number of nitrogens with zero attached hydrogens (tertiary/aromatic N) is 2. The highest BCUT2D eigenvalue weighted by atomic mass is 16.4. The van der Waals surface area contributed by atoms with Gasteiger partial charge in [-0.25, -0.2) is 4.79 Å². The number of nitriles is 1. The fourth-order valence-electron chi connectivity index (χ4n) is 3.73. The van der Waals surface area contributed by atoms with Gasteiger partial charge in [0, 0.05) is 29.7 Å². The first-order valence-corrected chi connectivity index (χ1v) is 9.85. The molecule has 1 fully saturated rings. The molecule has 0 amide bonds. The fraction of sp³-hybridized carbons (Fsp3) is 0.250. The lowest BCUT2D eigenvalue weighted by molar-refractivity contribution is -0.132. The minimum atomic E-state index is -1.21. The molecule has 1 aliphatic rings. The van der Waals surface area contributed by atoms with E-state index in [9.17, 15) is 4.79 Å². The van der Waals surface area contributed by atoms with Gasteiger partial charge in [0.2, 0.25) is 0 Å². The standard InChI is InChI=1S/C24H22N2O3/c25-16-20(24(27)28)7-5-17-4-6-19-15-23(29-22(19)14-17)18-8-10-21(11-9-18)26-12-2-1-3-13-26/h4,6-11,14-15H,1-3,5,12-13H2,(H,27,28)/b20-7+. The Balaban J connectivity index is 1.54. The van der Waals surface area contributed by atoms with Crippen molar-refractivity contribution in [2.45, 2.75) is 25.7 Å². The summed E-state index contributed by atoms with van der Waals surface area (Å²) in [5.74, 6) is -0.400. The molecule has 0 radical (unpaired) electrons. The lowest BCUT2D eigenvalue weighted by Gasteiger charge is -2.28. The second-order valence-electron chi connectivity index (χ2n) is 7.32. The third-order valence-corrected chi connectivity index (χ3v) is 5.35. The normalized spacial score (nSPS) is 14.7. The monoisotopic (exact) mass is 386 g/mol. The highest BCUT2D eigenvalue weighted by Gasteiger charge is 2.12. The maximum atomic E-state index is 10.9. The molecule has 5 heteroatoms. The molecule has 2 aromatic carbocycles. The Hall–Kier alpha value is -3.52. The van der Waals surface area contributed by atoms with E-state index < -0.39 is 5.97 Å². The van der Waals surface area contributed by atoms with E-state index in [0.717, 1.165) is 40.9 Å². The zero-order valence-corrected chi connectivity index (χ0v) is 16.1. The van der Waals surface area contributed by atoms with E-state index in [1.807, 2.05) is 24.3 Å². The molecule has 29 heavy (non-hydrogen) atoms. The SMILES string of the molecule is N#C/C(=C\Cc1ccc2cc(-c3ccc(N4CCCCC4)cc3)oc2c1)C(=O)O. The van der Waals surface area contributed by atoms with E-state index in [2.05, 4.69) is 29.2 Å². The summed E-state index contributed by atoms with van der Waals surface area (Å²) in [7, 11) is 0. The number of anilines is 1. The van der Waals surface area contributed by atoms with Gasteiger partial charge in [0.25, 0.3) is 0 Å². The molecule has 1 saturated heterocycles. The smallest absolute Gasteiger partial charge is 0.346 e. The van der Waals surface area contributed by atoms with E-state index in [0.29, 0.717) is 6.42 Å². The molecular weight excluding hydrogens is 364 g/mol. The van der Waals surface area contributed by atoms with E-state index >= 15 is 0 Å². The van der Waals surface area contributed by atoms with Crippen LogP contribution in [0.25, 0.3) is 22.3 Å². The molecule has 0 unspecified atom stereocenters. The Labute approximate surface area is 169 Å². The quantitative estimate of drug-likeness (QED) is 0.484. The average molecular weight is 386 g/mol. The molecule has 1 aromatic heterocycles. The lowest BCUT2D eigenvalue weighted by Crippen LogP contribution is -2.29. The zero-order chi connectivity index (χ0) is 20.2. The number of allylic oxidation sites excluding steroid dienone is 1. The van der Waals surface area contributed by atoms with E-state index in [4.69, 9.17) is 14.8 Å². The highest BCUT2D eigenvalue weighted by Crippen LogP contribution is 2.30. The van der Waals surface area contributed by atoms with Crippen molar-refractivity contribution in [3.8, 4) is 17.4 Å². The number of carboxylic acids is 1. The van der Waals surface area contributed by atoms with Crippen molar-refractivity contribution >= 4 is 22.6 Å². The third kappa shape index (κ3) is 4.17. The summed E-state index contributed by atoms with van der Waals surface area (Å²) in [5, 5.41) is 18.8. The van der Waals surface area contributed by atoms with Crippen LogP contribution in [0.3, 0.4) is 0 Å². The van der Waals surface area contributed by atoms with Crippen LogP contribution < -0.4 is 4.90 Å². The van der Waals surface area contributed by atoms with Gasteiger partial charge in [-0.05, 0) is 67.6 Å². The molecule has 2 heterocycles. The molecule has 0 saturated carbocycles. The van der Waals surface area contributed by atoms with E-state index in [1.54, 1.807) is 6.07 Å². The van der Waals surface area contributed by atoms with Crippen molar-refractivity contribution in [1.29, 1.82) is 5.26 Å². The van der Waals surface area contributed by atoms with Crippen LogP contribution in [-0.2, 0) is 11.2 Å². The van der Waals surface area contributed by atoms with Gasteiger partial charge in [-0.2, -0.15) is 5.26 Å². The van der Waals surface area contributed by atoms with E-state index in [1.165, 1.54) is 31.0 Å². The van der Waals surface area contributed by atoms with Crippen molar-refractivity contribution in [3.63, 3.8) is 0 Å². The molecular formula is C24H22N2O3. The predicted molar refractivity (Wildman–Crippen MR) is 113 cm³/mol. The molecule has 1 N–H and O–H groups in total. The van der Waals surface area contributed by atoms with Crippen LogP contribution in [0, 0.1) is 11.3 Å². The van der Waals surface area contributed by atoms with Crippen LogP contribution in [0.4, 0.5) is 5.69 Å². The van der Waals surface area contributed by atoms with Crippen LogP contribution in [0.2, 0.25) is 0 Å². The molecule has 1 aliphatic heterocycles. The van der Waals surface area contributed by atoms with Gasteiger partial charge in [0.05, 0.1) is 0 Å². The molecule has 0 aliphatic carbocycles. The Kier molecular flexibility index (Phi) is 5.35. The summed E-state index contributed by atoms with van der Waals surface area (Å²) in [4.78, 5) is 13.4. The number of carbonyl (C=O) groups is 1. The van der Waals surface area contributed by atoms with Gasteiger partial charge in [-0.15, -0.1) is 0 Å². The van der Waals surface area contributed by atoms with Crippen LogP contribution in [0.1, 0.15) is 24.8 Å². The second kappa shape index (κ2) is 8.24. The van der Waals surface area contributed by atoms with Crippen molar-refractivity contribution in [2.24, 2.45) is 0 Å². The molecule has 0 atom stereocenters. The summed E-state index contributed by atoms with van der Waals surface area (Å²) in [6.07, 6.45) is 5.62. The second-order valence-corrected chi connectivity index (χ2v) is 7.32. The zero-order valence-electron chi connectivity index (χ0n) is 16.1. The van der Waals surface area contributed by atoms with Gasteiger partial charge in [0.1, 0.15) is 23.0 Å². The topological polar surface area (TPSA) is 77.5 Å². The third-order valence-electron chi connectivity index (χ3n) is 5.35. The van der Waals surface area contributed by atoms with Crippen LogP contribution in [0.15, 0.2) is 64.6 Å². The first kappa shape index (κ1) is 18.8. The maximum Gasteiger partial charge on any atom is 0.346 e. The summed E-state index contributed by atoms with van der Waals surface area (Å²) in [6, 6.07) is 18.0. The highest BCUT2D eigenvalue weighted by molar-refractivity contribution is 5.91. The van der Waals surface area contributed by atoms with Crippen LogP contribution in [-0.4, -0.2) is 24.2 Å². The largest absolute Gasteiger partial charge is 0.477 e. The van der Waals surface area contributed by atoms with Crippen molar-refractivity contribution < 1.29 is 14.3 Å². The van der Waals surface area contributed by atoms with Crippen molar-refractivity contribution in [1.82, 2.24) is 0 Å². The molecule has 4 rings (SSSR count). The van der Waals surface area contributed by atoms with Crippen LogP contribution >= 0.6 is 0 Å². The summed E-state index contributed by atoms with van der Waals surface area (Å²) in [5.41, 5.74) is 3.68. The summed E-state index contributed by atoms with van der Waals surface area (Å²) in [6.45, 7) is 2.24. The van der Waals surface area contributed by atoms with Crippen molar-refractivity contribution in [3.05, 3.63) is 65.7 Å². The minimum absolute atomic E-state index is 0.251. The number of furan rings is 1. The number of aliphatic carboxylic acids is 1. The number of benzene rings is 2. The summed E-state index contributed by atoms with van der Waals surface area (Å²) < 4.78 is 6.05. The Morgan fingerprint density at radius 3 is 2.55 bits per heavy atom. The molecule has 5 nitrogen and oxygen atoms in total. The number of hydrogen-bond acceptors (Lipinski definition) is 4. The average Bonchev–Trinajstić information content (AvgIpc) is 3.18. The fourth-order valence-corrected chi connectivity index (χ4v) is 3.73. The summed E-state index contributed by atoms with van der Waals surface area (Å²) >= 11 is 0. The Morgan fingerprint density at radius 1 is 1.10 bits per heavy atom. The maximum absolute atomic E-state index is 10.9. The predicted octanol–water partition coefficient (Wildman–Crippen LogP) is 5.17. The minimum Gasteiger partial charge on any atom is -0.477 e. The molecule has 146 valence electrons.